The highest BCUT2D eigenvalue weighted by Gasteiger charge is 2.29. The molecule has 0 spiro atoms. The molecule has 0 bridgehead atoms. The molecule has 0 radical (unpaired) electrons. The number of carbonyl (C=O) groups is 1. The molecule has 3 rings (SSSR count). The van der Waals surface area contributed by atoms with Crippen molar-refractivity contribution in [3.63, 3.8) is 0 Å². The minimum atomic E-state index is -0.0407. The van der Waals surface area contributed by atoms with Crippen molar-refractivity contribution in [1.82, 2.24) is 20.0 Å². The summed E-state index contributed by atoms with van der Waals surface area (Å²) < 4.78 is 7.24. The van der Waals surface area contributed by atoms with Crippen molar-refractivity contribution >= 4 is 5.91 Å². The van der Waals surface area contributed by atoms with E-state index in [9.17, 15) is 4.79 Å². The number of furan rings is 1. The van der Waals surface area contributed by atoms with Crippen LogP contribution < -0.4 is 5.32 Å². The zero-order valence-corrected chi connectivity index (χ0v) is 16.3. The smallest absolute Gasteiger partial charge is 0.274 e. The normalized spacial score (nSPS) is 16.7. The second kappa shape index (κ2) is 8.08. The number of aromatic nitrogens is 2. The maximum absolute atomic E-state index is 13.0. The first-order valence-electron chi connectivity index (χ1n) is 9.51. The molecule has 2 aromatic rings. The van der Waals surface area contributed by atoms with Gasteiger partial charge in [-0.3, -0.25) is 9.48 Å². The number of carbonyl (C=O) groups excluding carboxylic acids is 1. The Morgan fingerprint density at radius 1 is 1.50 bits per heavy atom. The molecule has 1 unspecified atom stereocenters. The lowest BCUT2D eigenvalue weighted by atomic mass is 9.91. The molecule has 2 aromatic heterocycles. The van der Waals surface area contributed by atoms with Gasteiger partial charge >= 0.3 is 0 Å². The van der Waals surface area contributed by atoms with Gasteiger partial charge in [0.15, 0.2) is 5.69 Å². The Morgan fingerprint density at radius 3 is 3.00 bits per heavy atom. The second-order valence-electron chi connectivity index (χ2n) is 7.71. The monoisotopic (exact) mass is 358 g/mol. The number of hydrogen-bond acceptors (Lipinski definition) is 4. The van der Waals surface area contributed by atoms with Crippen LogP contribution in [0.2, 0.25) is 0 Å². The summed E-state index contributed by atoms with van der Waals surface area (Å²) in [6.07, 6.45) is 5.74. The third kappa shape index (κ3) is 4.18. The summed E-state index contributed by atoms with van der Waals surface area (Å²) >= 11 is 0. The average Bonchev–Trinajstić information content (AvgIpc) is 3.22. The molecule has 1 aliphatic rings. The largest absolute Gasteiger partial charge is 0.467 e. The van der Waals surface area contributed by atoms with E-state index in [0.717, 1.165) is 37.1 Å². The predicted molar refractivity (Wildman–Crippen MR) is 101 cm³/mol. The van der Waals surface area contributed by atoms with Crippen molar-refractivity contribution in [2.45, 2.75) is 52.1 Å². The van der Waals surface area contributed by atoms with Crippen molar-refractivity contribution < 1.29 is 9.21 Å². The predicted octanol–water partition coefficient (Wildman–Crippen LogP) is 2.78. The molecule has 0 aliphatic heterocycles. The molecule has 0 saturated carbocycles. The molecular weight excluding hydrogens is 328 g/mol. The van der Waals surface area contributed by atoms with Gasteiger partial charge in [0.1, 0.15) is 5.76 Å². The quantitative estimate of drug-likeness (QED) is 0.827. The van der Waals surface area contributed by atoms with Gasteiger partial charge in [-0.15, -0.1) is 0 Å². The molecular formula is C20H30N4O2. The number of hydrogen-bond donors (Lipinski definition) is 1. The topological polar surface area (TPSA) is 63.3 Å². The summed E-state index contributed by atoms with van der Waals surface area (Å²) in [6, 6.07) is 4.14. The van der Waals surface area contributed by atoms with Crippen molar-refractivity contribution in [3.8, 4) is 0 Å². The zero-order valence-electron chi connectivity index (χ0n) is 16.3. The Kier molecular flexibility index (Phi) is 5.81. The van der Waals surface area contributed by atoms with Crippen LogP contribution in [0.15, 0.2) is 22.8 Å². The Balaban J connectivity index is 1.70. The molecule has 6 nitrogen and oxygen atoms in total. The van der Waals surface area contributed by atoms with Crippen molar-refractivity contribution in [2.75, 3.05) is 13.6 Å². The van der Waals surface area contributed by atoms with Crippen molar-refractivity contribution in [3.05, 3.63) is 41.1 Å². The fourth-order valence-corrected chi connectivity index (χ4v) is 3.60. The summed E-state index contributed by atoms with van der Waals surface area (Å²) in [5, 5.41) is 8.21. The summed E-state index contributed by atoms with van der Waals surface area (Å²) in [7, 11) is 3.74. The second-order valence-corrected chi connectivity index (χ2v) is 7.71. The lowest BCUT2D eigenvalue weighted by Gasteiger charge is -2.25. The van der Waals surface area contributed by atoms with Crippen LogP contribution in [-0.4, -0.2) is 40.2 Å². The van der Waals surface area contributed by atoms with E-state index in [1.54, 1.807) is 18.2 Å². The van der Waals surface area contributed by atoms with E-state index in [2.05, 4.69) is 24.3 Å². The number of rotatable bonds is 7. The fraction of sp³-hybridized carbons (Fsp3) is 0.600. The highest BCUT2D eigenvalue weighted by molar-refractivity contribution is 5.94. The van der Waals surface area contributed by atoms with Crippen LogP contribution >= 0.6 is 0 Å². The highest BCUT2D eigenvalue weighted by Crippen LogP contribution is 2.25. The van der Waals surface area contributed by atoms with E-state index < -0.39 is 0 Å². The van der Waals surface area contributed by atoms with Gasteiger partial charge in [-0.25, -0.2) is 0 Å². The van der Waals surface area contributed by atoms with Gasteiger partial charge in [0.25, 0.3) is 5.91 Å². The van der Waals surface area contributed by atoms with Gasteiger partial charge in [0.2, 0.25) is 0 Å². The van der Waals surface area contributed by atoms with Crippen LogP contribution in [0.25, 0.3) is 0 Å². The zero-order chi connectivity index (χ0) is 18.7. The average molecular weight is 358 g/mol. The Morgan fingerprint density at radius 2 is 2.31 bits per heavy atom. The molecule has 26 heavy (non-hydrogen) atoms. The number of nitrogens with zero attached hydrogens (tertiary/aromatic N) is 3. The van der Waals surface area contributed by atoms with E-state index in [1.165, 1.54) is 12.1 Å². The minimum absolute atomic E-state index is 0.0407. The summed E-state index contributed by atoms with van der Waals surface area (Å²) in [6.45, 7) is 5.97. The molecule has 2 heterocycles. The van der Waals surface area contributed by atoms with E-state index >= 15 is 0 Å². The molecule has 1 aliphatic carbocycles. The van der Waals surface area contributed by atoms with Crippen LogP contribution in [0.1, 0.15) is 54.2 Å². The minimum Gasteiger partial charge on any atom is -0.467 e. The summed E-state index contributed by atoms with van der Waals surface area (Å²) in [4.78, 5) is 14.6. The molecule has 0 saturated heterocycles. The number of aryl methyl sites for hydroxylation is 1. The maximum Gasteiger partial charge on any atom is 0.274 e. The number of nitrogens with one attached hydrogen (secondary N) is 1. The molecule has 6 heteroatoms. The van der Waals surface area contributed by atoms with Crippen molar-refractivity contribution in [2.24, 2.45) is 13.0 Å². The maximum atomic E-state index is 13.0. The fourth-order valence-electron chi connectivity index (χ4n) is 3.60. The van der Waals surface area contributed by atoms with E-state index in [1.807, 2.05) is 23.9 Å². The van der Waals surface area contributed by atoms with E-state index in [-0.39, 0.29) is 5.91 Å². The summed E-state index contributed by atoms with van der Waals surface area (Å²) in [5.74, 6) is 1.44. The lowest BCUT2D eigenvalue weighted by molar-refractivity contribution is 0.0767. The lowest BCUT2D eigenvalue weighted by Crippen LogP contribution is -2.36. The Labute approximate surface area is 155 Å². The van der Waals surface area contributed by atoms with Crippen LogP contribution in [0, 0.1) is 5.92 Å². The number of amides is 1. The van der Waals surface area contributed by atoms with Crippen LogP contribution in [-0.2, 0) is 26.4 Å². The van der Waals surface area contributed by atoms with Gasteiger partial charge in [-0.1, -0.05) is 13.8 Å². The van der Waals surface area contributed by atoms with Crippen molar-refractivity contribution in [1.29, 1.82) is 0 Å². The van der Waals surface area contributed by atoms with Gasteiger partial charge in [-0.2, -0.15) is 5.10 Å². The third-order valence-corrected chi connectivity index (χ3v) is 5.13. The SMILES string of the molecule is CC(C)CCNC1CCc2c(c(C(=O)N(C)Cc3ccco3)nn2C)C1. The van der Waals surface area contributed by atoms with E-state index in [4.69, 9.17) is 4.42 Å². The first-order chi connectivity index (χ1) is 12.5. The summed E-state index contributed by atoms with van der Waals surface area (Å²) in [5.41, 5.74) is 2.89. The van der Waals surface area contributed by atoms with Crippen LogP contribution in [0.4, 0.5) is 0 Å². The van der Waals surface area contributed by atoms with Gasteiger partial charge in [0, 0.05) is 31.4 Å². The molecule has 1 N–H and O–H groups in total. The first kappa shape index (κ1) is 18.7. The molecule has 0 aromatic carbocycles. The van der Waals surface area contributed by atoms with Crippen LogP contribution in [0.5, 0.6) is 0 Å². The third-order valence-electron chi connectivity index (χ3n) is 5.13. The molecule has 0 fully saturated rings. The number of fused-ring (bicyclic) bond motifs is 1. The van der Waals surface area contributed by atoms with Gasteiger partial charge in [0.05, 0.1) is 12.8 Å². The van der Waals surface area contributed by atoms with Crippen LogP contribution in [0.3, 0.4) is 0 Å². The molecule has 1 atom stereocenters. The molecule has 1 amide bonds. The molecule has 142 valence electrons. The van der Waals surface area contributed by atoms with E-state index in [0.29, 0.717) is 24.2 Å². The Hall–Kier alpha value is -2.08. The first-order valence-corrected chi connectivity index (χ1v) is 9.51. The Bertz CT molecular complexity index is 733. The highest BCUT2D eigenvalue weighted by atomic mass is 16.3. The standard InChI is InChI=1S/C20H30N4O2/c1-14(2)9-10-21-15-7-8-18-17(12-15)19(22-24(18)4)20(25)23(3)13-16-6-5-11-26-16/h5-6,11,14-15,21H,7-10,12-13H2,1-4H3. The van der Waals surface area contributed by atoms with Gasteiger partial charge in [-0.05, 0) is 50.3 Å². The van der Waals surface area contributed by atoms with Gasteiger partial charge < -0.3 is 14.6 Å².